The standard InChI is InChI=1S/C33H38O7/c1-19(34)40-25(9-5-21-7-11-30(36)32(13-21)38-2)16-24(35)17-29-26-10-6-20-4-8-22(27(26)12-20)14-23-15-31(37)33(39-3)18-28(23)29/h4,7-8,11,13-15,18,20,25-27,29,36-37H,5-6,9-10,12,16-17H2,1-3H3. The number of methoxy groups -OCH3 is 2. The van der Waals surface area contributed by atoms with Crippen molar-refractivity contribution in [3.8, 4) is 23.0 Å². The summed E-state index contributed by atoms with van der Waals surface area (Å²) >= 11 is 0. The van der Waals surface area contributed by atoms with Crippen molar-refractivity contribution in [1.82, 2.24) is 0 Å². The number of phenolic OH excluding ortho intramolecular Hbond substituents is 2. The third-order valence-corrected chi connectivity index (χ3v) is 8.79. The first kappa shape index (κ1) is 27.8. The number of hydrogen-bond donors (Lipinski definition) is 2. The summed E-state index contributed by atoms with van der Waals surface area (Å²) in [6.07, 6.45) is 10.9. The van der Waals surface area contributed by atoms with Crippen LogP contribution in [0.15, 0.2) is 48.1 Å². The maximum Gasteiger partial charge on any atom is 0.302 e. The predicted octanol–water partition coefficient (Wildman–Crippen LogP) is 6.11. The Balaban J connectivity index is 1.37. The van der Waals surface area contributed by atoms with Crippen molar-refractivity contribution in [1.29, 1.82) is 0 Å². The maximum absolute atomic E-state index is 13.7. The number of ether oxygens (including phenoxy) is 3. The van der Waals surface area contributed by atoms with Gasteiger partial charge in [0.05, 0.1) is 14.2 Å². The van der Waals surface area contributed by atoms with Crippen molar-refractivity contribution < 1.29 is 34.0 Å². The number of aromatic hydroxyl groups is 2. The Bertz CT molecular complexity index is 1340. The molecule has 2 aromatic carbocycles. The Morgan fingerprint density at radius 2 is 1.80 bits per heavy atom. The number of allylic oxidation sites excluding steroid dienone is 3. The molecule has 0 aromatic heterocycles. The summed E-state index contributed by atoms with van der Waals surface area (Å²) in [5.74, 6) is 1.81. The molecule has 0 heterocycles. The third-order valence-electron chi connectivity index (χ3n) is 8.79. The van der Waals surface area contributed by atoms with Gasteiger partial charge < -0.3 is 24.4 Å². The second-order valence-corrected chi connectivity index (χ2v) is 11.3. The molecule has 212 valence electrons. The summed E-state index contributed by atoms with van der Waals surface area (Å²) in [6.45, 7) is 1.36. The average molecular weight is 547 g/mol. The first-order valence-corrected chi connectivity index (χ1v) is 14.1. The van der Waals surface area contributed by atoms with E-state index in [1.807, 2.05) is 6.07 Å². The highest BCUT2D eigenvalue weighted by molar-refractivity contribution is 5.81. The Kier molecular flexibility index (Phi) is 8.19. The summed E-state index contributed by atoms with van der Waals surface area (Å²) in [6, 6.07) is 8.79. The Hall–Kier alpha value is -3.74. The van der Waals surface area contributed by atoms with Crippen LogP contribution in [-0.2, 0) is 20.7 Å². The number of carbonyl (C=O) groups excluding carboxylic acids is 2. The van der Waals surface area contributed by atoms with E-state index in [-0.39, 0.29) is 29.6 Å². The molecule has 5 rings (SSSR count). The van der Waals surface area contributed by atoms with Gasteiger partial charge in [0.25, 0.3) is 0 Å². The molecule has 40 heavy (non-hydrogen) atoms. The van der Waals surface area contributed by atoms with E-state index in [4.69, 9.17) is 14.2 Å². The van der Waals surface area contributed by atoms with Gasteiger partial charge in [-0.15, -0.1) is 0 Å². The first-order valence-electron chi connectivity index (χ1n) is 14.1. The van der Waals surface area contributed by atoms with Gasteiger partial charge >= 0.3 is 5.97 Å². The van der Waals surface area contributed by atoms with E-state index in [0.29, 0.717) is 48.5 Å². The summed E-state index contributed by atoms with van der Waals surface area (Å²) < 4.78 is 16.3. The Morgan fingerprint density at radius 1 is 1.02 bits per heavy atom. The highest BCUT2D eigenvalue weighted by Gasteiger charge is 2.42. The van der Waals surface area contributed by atoms with Crippen molar-refractivity contribution in [2.45, 2.75) is 63.9 Å². The van der Waals surface area contributed by atoms with Crippen LogP contribution in [0, 0.1) is 17.8 Å². The lowest BCUT2D eigenvalue weighted by Gasteiger charge is -2.41. The number of ketones is 1. The summed E-state index contributed by atoms with van der Waals surface area (Å²) in [7, 11) is 3.04. The van der Waals surface area contributed by atoms with Gasteiger partial charge in [0.2, 0.25) is 0 Å². The van der Waals surface area contributed by atoms with E-state index < -0.39 is 12.1 Å². The van der Waals surface area contributed by atoms with Gasteiger partial charge in [0.15, 0.2) is 23.0 Å². The van der Waals surface area contributed by atoms with Gasteiger partial charge in [-0.2, -0.15) is 0 Å². The topological polar surface area (TPSA) is 102 Å². The maximum atomic E-state index is 13.7. The summed E-state index contributed by atoms with van der Waals surface area (Å²) in [4.78, 5) is 25.6. The largest absolute Gasteiger partial charge is 0.504 e. The second kappa shape index (κ2) is 11.8. The fourth-order valence-corrected chi connectivity index (χ4v) is 6.90. The van der Waals surface area contributed by atoms with Gasteiger partial charge in [-0.3, -0.25) is 9.59 Å². The molecule has 0 spiro atoms. The molecule has 7 nitrogen and oxygen atoms in total. The van der Waals surface area contributed by atoms with E-state index in [1.165, 1.54) is 26.7 Å². The van der Waals surface area contributed by atoms with Crippen LogP contribution in [-0.4, -0.2) is 42.3 Å². The highest BCUT2D eigenvalue weighted by Crippen LogP contribution is 2.53. The number of fused-ring (bicyclic) bond motifs is 2. The van der Waals surface area contributed by atoms with Crippen LogP contribution < -0.4 is 9.47 Å². The molecule has 3 aliphatic carbocycles. The number of esters is 1. The quantitative estimate of drug-likeness (QED) is 0.347. The van der Waals surface area contributed by atoms with Crippen molar-refractivity contribution in [3.05, 3.63) is 64.7 Å². The molecule has 0 radical (unpaired) electrons. The minimum absolute atomic E-state index is 0.0254. The number of aryl methyl sites for hydroxylation is 1. The Morgan fingerprint density at radius 3 is 2.55 bits per heavy atom. The van der Waals surface area contributed by atoms with Crippen molar-refractivity contribution in [3.63, 3.8) is 0 Å². The molecule has 1 fully saturated rings. The zero-order valence-corrected chi connectivity index (χ0v) is 23.4. The highest BCUT2D eigenvalue weighted by atomic mass is 16.5. The van der Waals surface area contributed by atoms with Gasteiger partial charge in [0, 0.05) is 19.8 Å². The summed E-state index contributed by atoms with van der Waals surface area (Å²) in [5.41, 5.74) is 4.15. The van der Waals surface area contributed by atoms with Crippen LogP contribution in [0.4, 0.5) is 0 Å². The lowest BCUT2D eigenvalue weighted by molar-refractivity contribution is -0.147. The molecule has 0 saturated heterocycles. The molecule has 5 unspecified atom stereocenters. The normalized spacial score (nSPS) is 23.3. The monoisotopic (exact) mass is 546 g/mol. The first-order chi connectivity index (χ1) is 19.2. The van der Waals surface area contributed by atoms with E-state index in [0.717, 1.165) is 36.0 Å². The van der Waals surface area contributed by atoms with Crippen LogP contribution in [0.25, 0.3) is 6.08 Å². The fourth-order valence-electron chi connectivity index (χ4n) is 6.90. The molecule has 2 bridgehead atoms. The molecule has 2 N–H and O–H groups in total. The minimum Gasteiger partial charge on any atom is -0.504 e. The SMILES string of the molecule is COc1cc(CCC(CC(=O)CC2c3cc(OC)c(O)cc3C=C3C=CC4CCC2C3C4)OC(C)=O)ccc1O. The van der Waals surface area contributed by atoms with Crippen LogP contribution in [0.1, 0.15) is 68.1 Å². The van der Waals surface area contributed by atoms with Gasteiger partial charge in [0.1, 0.15) is 11.9 Å². The van der Waals surface area contributed by atoms with E-state index in [1.54, 1.807) is 24.3 Å². The van der Waals surface area contributed by atoms with Gasteiger partial charge in [-0.25, -0.2) is 0 Å². The van der Waals surface area contributed by atoms with Crippen LogP contribution >= 0.6 is 0 Å². The zero-order valence-electron chi connectivity index (χ0n) is 23.4. The average Bonchev–Trinajstić information content (AvgIpc) is 3.06. The number of carbonyl (C=O) groups is 2. The molecule has 7 heteroatoms. The molecular formula is C33H38O7. The molecule has 2 aromatic rings. The molecule has 1 saturated carbocycles. The third kappa shape index (κ3) is 5.88. The molecule has 3 aliphatic rings. The zero-order chi connectivity index (χ0) is 28.4. The Labute approximate surface area is 235 Å². The lowest BCUT2D eigenvalue weighted by atomic mass is 9.63. The van der Waals surface area contributed by atoms with E-state index >= 15 is 0 Å². The number of hydrogen-bond acceptors (Lipinski definition) is 7. The number of benzene rings is 2. The molecule has 0 aliphatic heterocycles. The van der Waals surface area contributed by atoms with Crippen molar-refractivity contribution >= 4 is 17.8 Å². The molecular weight excluding hydrogens is 508 g/mol. The molecule has 0 amide bonds. The number of phenols is 2. The fraction of sp³-hybridized carbons (Fsp3) is 0.455. The van der Waals surface area contributed by atoms with Gasteiger partial charge in [-0.05, 0) is 102 Å². The predicted molar refractivity (Wildman–Crippen MR) is 152 cm³/mol. The van der Waals surface area contributed by atoms with Crippen LogP contribution in [0.2, 0.25) is 0 Å². The van der Waals surface area contributed by atoms with E-state index in [2.05, 4.69) is 18.2 Å². The molecule has 5 atom stereocenters. The van der Waals surface area contributed by atoms with Crippen LogP contribution in [0.3, 0.4) is 0 Å². The minimum atomic E-state index is -0.550. The van der Waals surface area contributed by atoms with E-state index in [9.17, 15) is 19.8 Å². The summed E-state index contributed by atoms with van der Waals surface area (Å²) in [5, 5.41) is 20.4. The van der Waals surface area contributed by atoms with Crippen molar-refractivity contribution in [2.24, 2.45) is 17.8 Å². The van der Waals surface area contributed by atoms with Crippen molar-refractivity contribution in [2.75, 3.05) is 14.2 Å². The van der Waals surface area contributed by atoms with Gasteiger partial charge in [-0.1, -0.05) is 24.3 Å². The second-order valence-electron chi connectivity index (χ2n) is 11.3. The smallest absolute Gasteiger partial charge is 0.302 e. The van der Waals surface area contributed by atoms with Crippen LogP contribution in [0.5, 0.6) is 23.0 Å². The number of Topliss-reactive ketones (excluding diaryl/α,β-unsaturated/α-hetero) is 1. The number of rotatable bonds is 10. The lowest BCUT2D eigenvalue weighted by Crippen LogP contribution is -2.32.